The van der Waals surface area contributed by atoms with Gasteiger partial charge in [-0.05, 0) is 52.3 Å². The topological polar surface area (TPSA) is 97.9 Å². The summed E-state index contributed by atoms with van der Waals surface area (Å²) in [5.74, 6) is 0.995. The maximum atomic E-state index is 13.5. The Morgan fingerprint density at radius 3 is 2.66 bits per heavy atom. The predicted octanol–water partition coefficient (Wildman–Crippen LogP) is 4.33. The van der Waals surface area contributed by atoms with E-state index in [-0.39, 0.29) is 29.0 Å². The van der Waals surface area contributed by atoms with Gasteiger partial charge in [0.05, 0.1) is 24.3 Å². The second kappa shape index (κ2) is 8.39. The lowest BCUT2D eigenvalue weighted by Crippen LogP contribution is -2.67. The first kappa shape index (κ1) is 23.1. The number of benzene rings is 1. The minimum Gasteiger partial charge on any atom is -0.444 e. The zero-order valence-corrected chi connectivity index (χ0v) is 20.1. The maximum absolute atomic E-state index is 13.5. The van der Waals surface area contributed by atoms with Crippen LogP contribution in [0, 0.1) is 17.7 Å². The van der Waals surface area contributed by atoms with E-state index in [2.05, 4.69) is 26.1 Å². The smallest absolute Gasteiger partial charge is 0.410 e. The first-order valence-electron chi connectivity index (χ1n) is 10.6. The van der Waals surface area contributed by atoms with Gasteiger partial charge in [-0.2, -0.15) is 4.98 Å². The number of aromatic nitrogens is 2. The first-order valence-corrected chi connectivity index (χ1v) is 11.4. The summed E-state index contributed by atoms with van der Waals surface area (Å²) in [4.78, 5) is 17.6. The van der Waals surface area contributed by atoms with Gasteiger partial charge in [-0.1, -0.05) is 21.1 Å². The molecule has 2 aliphatic heterocycles. The molecule has 2 aromatic rings. The summed E-state index contributed by atoms with van der Waals surface area (Å²) in [5, 5.41) is 12.8. The van der Waals surface area contributed by atoms with Crippen molar-refractivity contribution >= 4 is 22.0 Å². The number of aliphatic hydroxyl groups excluding tert-OH is 1. The number of rotatable bonds is 2. The van der Waals surface area contributed by atoms with E-state index in [0.29, 0.717) is 16.3 Å². The summed E-state index contributed by atoms with van der Waals surface area (Å²) in [5.41, 5.74) is -0.147. The summed E-state index contributed by atoms with van der Waals surface area (Å²) in [6.07, 6.45) is 0.171. The number of nitrogens with zero attached hydrogens (tertiary/aromatic N) is 3. The molecule has 0 bridgehead atoms. The zero-order chi connectivity index (χ0) is 23.3. The number of likely N-dealkylation sites (tertiary alicyclic amines) is 1. The minimum atomic E-state index is -0.861. The first-order chi connectivity index (χ1) is 15.0. The van der Waals surface area contributed by atoms with Crippen molar-refractivity contribution in [3.05, 3.63) is 34.4 Å². The molecule has 3 fully saturated rings. The van der Waals surface area contributed by atoms with E-state index in [0.717, 1.165) is 19.7 Å². The van der Waals surface area contributed by atoms with Crippen LogP contribution >= 0.6 is 15.9 Å². The average molecular weight is 512 g/mol. The van der Waals surface area contributed by atoms with Crippen LogP contribution in [-0.2, 0) is 9.47 Å². The molecule has 2 saturated heterocycles. The van der Waals surface area contributed by atoms with Crippen molar-refractivity contribution in [2.75, 3.05) is 19.7 Å². The molecular weight excluding hydrogens is 485 g/mol. The highest BCUT2D eigenvalue weighted by molar-refractivity contribution is 9.10. The Morgan fingerprint density at radius 2 is 2.16 bits per heavy atom. The van der Waals surface area contributed by atoms with Gasteiger partial charge in [0, 0.05) is 22.9 Å². The monoisotopic (exact) mass is 511 g/mol. The van der Waals surface area contributed by atoms with E-state index in [9.17, 15) is 14.3 Å². The largest absolute Gasteiger partial charge is 0.444 e. The van der Waals surface area contributed by atoms with Crippen LogP contribution in [0.1, 0.15) is 46.1 Å². The molecule has 1 amide bonds. The van der Waals surface area contributed by atoms with E-state index >= 15 is 0 Å². The Labute approximate surface area is 194 Å². The van der Waals surface area contributed by atoms with Gasteiger partial charge in [0.1, 0.15) is 17.5 Å². The van der Waals surface area contributed by atoms with Crippen molar-refractivity contribution in [1.29, 1.82) is 0 Å². The van der Waals surface area contributed by atoms with Gasteiger partial charge in [0.2, 0.25) is 5.82 Å². The Balaban J connectivity index is 0.000000153. The fourth-order valence-electron chi connectivity index (χ4n) is 4.33. The van der Waals surface area contributed by atoms with Crippen LogP contribution in [0.4, 0.5) is 9.18 Å². The van der Waals surface area contributed by atoms with Crippen molar-refractivity contribution in [3.8, 4) is 11.4 Å². The second-order valence-electron chi connectivity index (χ2n) is 9.51. The van der Waals surface area contributed by atoms with E-state index in [1.165, 1.54) is 25.5 Å². The highest BCUT2D eigenvalue weighted by atomic mass is 79.9. The standard InChI is InChI=1S/C12H19NO3.C10H8BrFN2O2/c1-11(2,3)16-10(14)13-5-8-4-9-6-15-12(8,9)7-13;1-5(15)10-13-9(14-16-10)7-3-2-6(11)4-8(7)12/h8-9H,4-7H2,1-3H3;2-5,15H,1H3. The van der Waals surface area contributed by atoms with Crippen molar-refractivity contribution in [2.45, 2.75) is 51.4 Å². The molecule has 1 saturated carbocycles. The molecule has 1 N–H and O–H groups in total. The summed E-state index contributed by atoms with van der Waals surface area (Å²) in [7, 11) is 0. The van der Waals surface area contributed by atoms with Gasteiger partial charge in [-0.15, -0.1) is 0 Å². The summed E-state index contributed by atoms with van der Waals surface area (Å²) in [6.45, 7) is 9.63. The Bertz CT molecular complexity index is 1010. The Morgan fingerprint density at radius 1 is 1.41 bits per heavy atom. The molecule has 4 unspecified atom stereocenters. The number of carbonyl (C=O) groups is 1. The molecule has 3 heterocycles. The molecule has 1 aromatic carbocycles. The van der Waals surface area contributed by atoms with E-state index < -0.39 is 17.5 Å². The van der Waals surface area contributed by atoms with Crippen LogP contribution in [-0.4, -0.2) is 57.1 Å². The van der Waals surface area contributed by atoms with Crippen molar-refractivity contribution in [1.82, 2.24) is 15.0 Å². The molecule has 174 valence electrons. The Kier molecular flexibility index (Phi) is 6.06. The maximum Gasteiger partial charge on any atom is 0.410 e. The second-order valence-corrected chi connectivity index (χ2v) is 10.4. The highest BCUT2D eigenvalue weighted by Gasteiger charge is 2.67. The molecule has 1 aliphatic carbocycles. The number of hydrogen-bond acceptors (Lipinski definition) is 7. The third kappa shape index (κ3) is 4.40. The SMILES string of the molecule is CC(C)(C)OC(=O)N1CC2CC3COC32C1.CC(O)c1nc(-c2ccc(Br)cc2F)no1. The van der Waals surface area contributed by atoms with Gasteiger partial charge < -0.3 is 24.0 Å². The van der Waals surface area contributed by atoms with Gasteiger partial charge in [0.25, 0.3) is 5.89 Å². The molecule has 8 nitrogen and oxygen atoms in total. The minimum absolute atomic E-state index is 0.0247. The lowest BCUT2D eigenvalue weighted by Gasteiger charge is -2.59. The molecule has 5 rings (SSSR count). The number of halogens is 2. The molecule has 32 heavy (non-hydrogen) atoms. The number of ether oxygens (including phenoxy) is 2. The van der Waals surface area contributed by atoms with Crippen molar-refractivity contribution in [2.24, 2.45) is 11.8 Å². The third-order valence-electron chi connectivity index (χ3n) is 6.01. The fourth-order valence-corrected chi connectivity index (χ4v) is 4.66. The van der Waals surface area contributed by atoms with E-state index in [1.54, 1.807) is 6.07 Å². The lowest BCUT2D eigenvalue weighted by molar-refractivity contribution is -0.278. The van der Waals surface area contributed by atoms with Crippen molar-refractivity contribution < 1.29 is 28.3 Å². The summed E-state index contributed by atoms with van der Waals surface area (Å²) in [6, 6.07) is 4.53. The molecule has 10 heteroatoms. The van der Waals surface area contributed by atoms with Crippen LogP contribution in [0.15, 0.2) is 27.2 Å². The molecule has 1 spiro atoms. The normalized spacial score (nSPS) is 26.7. The summed E-state index contributed by atoms with van der Waals surface area (Å²) < 4.78 is 30.0. The fraction of sp³-hybridized carbons (Fsp3) is 0.591. The third-order valence-corrected chi connectivity index (χ3v) is 6.50. The van der Waals surface area contributed by atoms with Gasteiger partial charge in [-0.25, -0.2) is 9.18 Å². The molecule has 0 radical (unpaired) electrons. The summed E-state index contributed by atoms with van der Waals surface area (Å²) >= 11 is 3.15. The quantitative estimate of drug-likeness (QED) is 0.640. The average Bonchev–Trinajstić information content (AvgIpc) is 3.30. The van der Waals surface area contributed by atoms with E-state index in [4.69, 9.17) is 14.0 Å². The Hall–Kier alpha value is -2.04. The van der Waals surface area contributed by atoms with Gasteiger partial charge >= 0.3 is 6.09 Å². The van der Waals surface area contributed by atoms with Crippen LogP contribution in [0.25, 0.3) is 11.4 Å². The van der Waals surface area contributed by atoms with Crippen molar-refractivity contribution in [3.63, 3.8) is 0 Å². The number of hydrogen-bond donors (Lipinski definition) is 1. The molecule has 4 atom stereocenters. The van der Waals surface area contributed by atoms with E-state index in [1.807, 2.05) is 25.7 Å². The van der Waals surface area contributed by atoms with Crippen LogP contribution in [0.3, 0.4) is 0 Å². The number of carbonyl (C=O) groups excluding carboxylic acids is 1. The van der Waals surface area contributed by atoms with Crippen LogP contribution in [0.5, 0.6) is 0 Å². The van der Waals surface area contributed by atoms with Crippen LogP contribution < -0.4 is 0 Å². The number of amides is 1. The predicted molar refractivity (Wildman–Crippen MR) is 116 cm³/mol. The van der Waals surface area contributed by atoms with Gasteiger partial charge in [0.15, 0.2) is 0 Å². The molecular formula is C22H27BrFN3O5. The molecule has 1 aromatic heterocycles. The number of aliphatic hydroxyl groups is 1. The highest BCUT2D eigenvalue weighted by Crippen LogP contribution is 2.58. The van der Waals surface area contributed by atoms with Crippen LogP contribution in [0.2, 0.25) is 0 Å². The zero-order valence-electron chi connectivity index (χ0n) is 18.5. The lowest BCUT2D eigenvalue weighted by atomic mass is 9.59. The van der Waals surface area contributed by atoms with Gasteiger partial charge in [-0.3, -0.25) is 0 Å². The molecule has 3 aliphatic rings.